The molecule has 0 saturated heterocycles. The highest BCUT2D eigenvalue weighted by atomic mass is 31.2. The Hall–Kier alpha value is -3.11. The van der Waals surface area contributed by atoms with E-state index in [-0.39, 0.29) is 0 Å². The lowest BCUT2D eigenvalue weighted by atomic mass is 10.1. The predicted molar refractivity (Wildman–Crippen MR) is 122 cm³/mol. The lowest BCUT2D eigenvalue weighted by Crippen LogP contribution is -2.07. The SMILES string of the molecule is C=CCNc1ccc(Nc2ncc(-c3ccccc3P(C)(C)=O)cn2)c(OC)c1. The Kier molecular flexibility index (Phi) is 6.35. The quantitative estimate of drug-likeness (QED) is 0.414. The van der Waals surface area contributed by atoms with Gasteiger partial charge in [0.2, 0.25) is 5.95 Å². The van der Waals surface area contributed by atoms with Gasteiger partial charge in [-0.1, -0.05) is 30.3 Å². The Bertz CT molecular complexity index is 1040. The maximum absolute atomic E-state index is 12.6. The van der Waals surface area contributed by atoms with E-state index >= 15 is 0 Å². The molecule has 0 saturated carbocycles. The maximum Gasteiger partial charge on any atom is 0.227 e. The Morgan fingerprint density at radius 1 is 1.14 bits per heavy atom. The average molecular weight is 408 g/mol. The van der Waals surface area contributed by atoms with Crippen LogP contribution < -0.4 is 20.7 Å². The summed E-state index contributed by atoms with van der Waals surface area (Å²) in [6.07, 6.45) is 5.26. The van der Waals surface area contributed by atoms with Crippen LogP contribution in [0.15, 0.2) is 67.5 Å². The molecule has 7 heteroatoms. The molecule has 3 rings (SSSR count). The lowest BCUT2D eigenvalue weighted by molar-refractivity contribution is 0.417. The minimum Gasteiger partial charge on any atom is -0.494 e. The van der Waals surface area contributed by atoms with Crippen molar-refractivity contribution >= 4 is 29.8 Å². The Morgan fingerprint density at radius 3 is 2.52 bits per heavy atom. The molecule has 1 aromatic heterocycles. The van der Waals surface area contributed by atoms with Crippen molar-refractivity contribution in [2.24, 2.45) is 0 Å². The molecule has 0 atom stereocenters. The van der Waals surface area contributed by atoms with Gasteiger partial charge in [0.05, 0.1) is 12.8 Å². The van der Waals surface area contributed by atoms with Gasteiger partial charge in [0.15, 0.2) is 0 Å². The summed E-state index contributed by atoms with van der Waals surface area (Å²) in [4.78, 5) is 8.85. The molecular weight excluding hydrogens is 383 g/mol. The van der Waals surface area contributed by atoms with Crippen molar-refractivity contribution in [3.05, 3.63) is 67.5 Å². The number of nitrogens with zero attached hydrogens (tertiary/aromatic N) is 2. The lowest BCUT2D eigenvalue weighted by Gasteiger charge is -2.14. The van der Waals surface area contributed by atoms with Gasteiger partial charge >= 0.3 is 0 Å². The van der Waals surface area contributed by atoms with Crippen LogP contribution in [0.3, 0.4) is 0 Å². The standard InChI is InChI=1S/C22H25N4O2P/c1-5-12-23-17-10-11-19(20(13-17)28-2)26-22-24-14-16(15-25-22)18-8-6-7-9-21(18)29(3,4)27/h5-11,13-15,23H,1,12H2,2-4H3,(H,24,25,26). The summed E-state index contributed by atoms with van der Waals surface area (Å²) in [6.45, 7) is 7.90. The number of ether oxygens (including phenoxy) is 1. The van der Waals surface area contributed by atoms with E-state index in [2.05, 4.69) is 27.2 Å². The second-order valence-electron chi connectivity index (χ2n) is 6.87. The fourth-order valence-corrected chi connectivity index (χ4v) is 4.16. The first-order valence-electron chi connectivity index (χ1n) is 9.19. The first-order valence-corrected chi connectivity index (χ1v) is 11.8. The van der Waals surface area contributed by atoms with Crippen molar-refractivity contribution in [2.45, 2.75) is 0 Å². The van der Waals surface area contributed by atoms with Crippen LogP contribution in [0.2, 0.25) is 0 Å². The summed E-state index contributed by atoms with van der Waals surface area (Å²) in [5.74, 6) is 1.13. The molecule has 0 aliphatic carbocycles. The van der Waals surface area contributed by atoms with Gasteiger partial charge in [-0.3, -0.25) is 0 Å². The van der Waals surface area contributed by atoms with Gasteiger partial charge in [-0.2, -0.15) is 0 Å². The van der Waals surface area contributed by atoms with Crippen LogP contribution in [-0.2, 0) is 4.57 Å². The zero-order valence-corrected chi connectivity index (χ0v) is 17.7. The molecule has 3 aromatic rings. The maximum atomic E-state index is 12.6. The fourth-order valence-electron chi connectivity index (χ4n) is 2.93. The first kappa shape index (κ1) is 20.6. The Balaban J connectivity index is 1.84. The van der Waals surface area contributed by atoms with E-state index in [1.54, 1.807) is 38.9 Å². The molecule has 150 valence electrons. The molecule has 6 nitrogen and oxygen atoms in total. The summed E-state index contributed by atoms with van der Waals surface area (Å²) in [6, 6.07) is 13.4. The Morgan fingerprint density at radius 2 is 1.86 bits per heavy atom. The Labute approximate surface area is 171 Å². The molecule has 0 amide bonds. The number of benzene rings is 2. The van der Waals surface area contributed by atoms with Crippen LogP contribution in [0.25, 0.3) is 11.1 Å². The van der Waals surface area contributed by atoms with E-state index in [9.17, 15) is 4.57 Å². The molecule has 0 unspecified atom stereocenters. The fraction of sp³-hybridized carbons (Fsp3) is 0.182. The summed E-state index contributed by atoms with van der Waals surface area (Å²) in [5, 5.41) is 7.23. The summed E-state index contributed by atoms with van der Waals surface area (Å²) >= 11 is 0. The highest BCUT2D eigenvalue weighted by molar-refractivity contribution is 7.70. The van der Waals surface area contributed by atoms with Crippen LogP contribution in [0.4, 0.5) is 17.3 Å². The predicted octanol–water partition coefficient (Wildman–Crippen LogP) is 4.74. The number of nitrogens with one attached hydrogen (secondary N) is 2. The van der Waals surface area contributed by atoms with Crippen molar-refractivity contribution < 1.29 is 9.30 Å². The second kappa shape index (κ2) is 8.93. The van der Waals surface area contributed by atoms with Crippen molar-refractivity contribution in [1.82, 2.24) is 9.97 Å². The van der Waals surface area contributed by atoms with Crippen LogP contribution in [0, 0.1) is 0 Å². The number of hydrogen-bond donors (Lipinski definition) is 2. The second-order valence-corrected chi connectivity index (χ2v) is 10.1. The van der Waals surface area contributed by atoms with E-state index in [0.717, 1.165) is 27.8 Å². The van der Waals surface area contributed by atoms with E-state index in [4.69, 9.17) is 4.74 Å². The average Bonchev–Trinajstić information content (AvgIpc) is 2.73. The number of methoxy groups -OCH3 is 1. The molecular formula is C22H25N4O2P. The van der Waals surface area contributed by atoms with Gasteiger partial charge in [0, 0.05) is 41.6 Å². The third kappa shape index (κ3) is 5.04. The zero-order chi connectivity index (χ0) is 20.9. The molecule has 0 aliphatic rings. The van der Waals surface area contributed by atoms with Crippen molar-refractivity contribution in [2.75, 3.05) is 37.6 Å². The molecule has 2 N–H and O–H groups in total. The zero-order valence-electron chi connectivity index (χ0n) is 16.8. The van der Waals surface area contributed by atoms with Crippen molar-refractivity contribution in [1.29, 1.82) is 0 Å². The highest BCUT2D eigenvalue weighted by Crippen LogP contribution is 2.38. The van der Waals surface area contributed by atoms with E-state index < -0.39 is 7.14 Å². The number of aromatic nitrogens is 2. The van der Waals surface area contributed by atoms with Gasteiger partial charge in [-0.25, -0.2) is 9.97 Å². The molecule has 1 heterocycles. The third-order valence-electron chi connectivity index (χ3n) is 4.35. The highest BCUT2D eigenvalue weighted by Gasteiger charge is 2.17. The number of hydrogen-bond acceptors (Lipinski definition) is 6. The molecule has 29 heavy (non-hydrogen) atoms. The van der Waals surface area contributed by atoms with Crippen molar-refractivity contribution in [3.8, 4) is 16.9 Å². The normalized spacial score (nSPS) is 11.0. The number of anilines is 3. The topological polar surface area (TPSA) is 76.1 Å². The molecule has 0 bridgehead atoms. The summed E-state index contributed by atoms with van der Waals surface area (Å²) in [7, 11) is -0.794. The largest absolute Gasteiger partial charge is 0.494 e. The monoisotopic (exact) mass is 408 g/mol. The molecule has 0 spiro atoms. The van der Waals surface area contributed by atoms with Gasteiger partial charge < -0.3 is 19.9 Å². The summed E-state index contributed by atoms with van der Waals surface area (Å²) < 4.78 is 18.1. The van der Waals surface area contributed by atoms with Crippen LogP contribution in [0.5, 0.6) is 5.75 Å². The van der Waals surface area contributed by atoms with Gasteiger partial charge in [0.1, 0.15) is 12.9 Å². The van der Waals surface area contributed by atoms with Crippen LogP contribution in [-0.4, -0.2) is 37.0 Å². The first-order chi connectivity index (χ1) is 13.9. The van der Waals surface area contributed by atoms with Crippen LogP contribution >= 0.6 is 7.14 Å². The minimum atomic E-state index is -2.41. The van der Waals surface area contributed by atoms with E-state index in [0.29, 0.717) is 18.2 Å². The van der Waals surface area contributed by atoms with Gasteiger partial charge in [-0.05, 0) is 31.0 Å². The minimum absolute atomic E-state index is 0.451. The van der Waals surface area contributed by atoms with E-state index in [1.165, 1.54) is 0 Å². The van der Waals surface area contributed by atoms with E-state index in [1.807, 2.05) is 42.5 Å². The van der Waals surface area contributed by atoms with Gasteiger partial charge in [0.25, 0.3) is 0 Å². The molecule has 0 radical (unpaired) electrons. The van der Waals surface area contributed by atoms with Gasteiger partial charge in [-0.15, -0.1) is 6.58 Å². The third-order valence-corrected chi connectivity index (χ3v) is 5.90. The molecule has 2 aromatic carbocycles. The smallest absolute Gasteiger partial charge is 0.227 e. The molecule has 0 fully saturated rings. The number of rotatable bonds is 8. The summed E-state index contributed by atoms with van der Waals surface area (Å²) in [5.41, 5.74) is 3.41. The molecule has 0 aliphatic heterocycles. The van der Waals surface area contributed by atoms with Crippen molar-refractivity contribution in [3.63, 3.8) is 0 Å². The van der Waals surface area contributed by atoms with Crippen LogP contribution in [0.1, 0.15) is 0 Å².